The van der Waals surface area contributed by atoms with Gasteiger partial charge in [0.1, 0.15) is 0 Å². The largest absolute Gasteiger partial charge is 0.291 e. The lowest BCUT2D eigenvalue weighted by molar-refractivity contribution is 0.389. The van der Waals surface area contributed by atoms with E-state index in [0.29, 0.717) is 0 Å². The summed E-state index contributed by atoms with van der Waals surface area (Å²) < 4.78 is 0. The molecule has 21 heavy (non-hydrogen) atoms. The van der Waals surface area contributed by atoms with E-state index in [2.05, 4.69) is 91.7 Å². The second kappa shape index (κ2) is 7.07. The summed E-state index contributed by atoms with van der Waals surface area (Å²) >= 11 is 0. The molecule has 0 saturated carbocycles. The van der Waals surface area contributed by atoms with Crippen LogP contribution in [0.15, 0.2) is 9.98 Å². The highest BCUT2D eigenvalue weighted by molar-refractivity contribution is 5.66. The van der Waals surface area contributed by atoms with Crippen LogP contribution in [-0.2, 0) is 0 Å². The zero-order valence-corrected chi connectivity index (χ0v) is 16.2. The second-order valence-electron chi connectivity index (χ2n) is 9.69. The normalized spacial score (nSPS) is 15.3. The standard InChI is InChI=1S/C19H38N2/c1-16(2,3)20-14-18(7,8)12-11-13-19(9,10)15-21-17(4,5)6/h14-15H,11-13H2,1-10H3. The van der Waals surface area contributed by atoms with Crippen LogP contribution in [0.2, 0.25) is 0 Å². The molecule has 0 saturated heterocycles. The molecule has 0 amide bonds. The summed E-state index contributed by atoms with van der Waals surface area (Å²) in [5.41, 5.74) is 0.390. The SMILES string of the molecule is CC(C)(C=NC(C)(C)C)CCCC(C)(C)C=NC(C)(C)C. The van der Waals surface area contributed by atoms with Crippen molar-refractivity contribution < 1.29 is 0 Å². The topological polar surface area (TPSA) is 24.7 Å². The Hall–Kier alpha value is -0.660. The molecule has 0 radical (unpaired) electrons. The summed E-state index contributed by atoms with van der Waals surface area (Å²) in [6.45, 7) is 22.0. The van der Waals surface area contributed by atoms with E-state index in [1.165, 1.54) is 19.3 Å². The van der Waals surface area contributed by atoms with E-state index in [1.54, 1.807) is 0 Å². The molecule has 0 rings (SSSR count). The fourth-order valence-corrected chi connectivity index (χ4v) is 1.87. The summed E-state index contributed by atoms with van der Waals surface area (Å²) in [5, 5.41) is 0. The Bertz CT molecular complexity index is 324. The van der Waals surface area contributed by atoms with Gasteiger partial charge in [0.15, 0.2) is 0 Å². The van der Waals surface area contributed by atoms with Crippen molar-refractivity contribution in [2.75, 3.05) is 0 Å². The van der Waals surface area contributed by atoms with Crippen molar-refractivity contribution in [3.8, 4) is 0 Å². The first-order valence-corrected chi connectivity index (χ1v) is 8.25. The van der Waals surface area contributed by atoms with Gasteiger partial charge < -0.3 is 0 Å². The predicted octanol–water partition coefficient (Wildman–Crippen LogP) is 5.95. The first kappa shape index (κ1) is 20.3. The van der Waals surface area contributed by atoms with E-state index in [-0.39, 0.29) is 21.9 Å². The molecule has 0 aromatic rings. The van der Waals surface area contributed by atoms with E-state index in [4.69, 9.17) is 0 Å². The Labute approximate surface area is 133 Å². The zero-order chi connectivity index (χ0) is 16.9. The molecule has 0 bridgehead atoms. The minimum atomic E-state index is 0.0237. The van der Waals surface area contributed by atoms with Gasteiger partial charge in [0, 0.05) is 12.4 Å². The van der Waals surface area contributed by atoms with Crippen LogP contribution in [0.3, 0.4) is 0 Å². The third kappa shape index (κ3) is 12.8. The minimum Gasteiger partial charge on any atom is -0.291 e. The van der Waals surface area contributed by atoms with Gasteiger partial charge in [0.2, 0.25) is 0 Å². The Kier molecular flexibility index (Phi) is 6.84. The summed E-state index contributed by atoms with van der Waals surface area (Å²) in [4.78, 5) is 9.32. The molecule has 0 aliphatic carbocycles. The van der Waals surface area contributed by atoms with Gasteiger partial charge in [-0.1, -0.05) is 34.1 Å². The Morgan fingerprint density at radius 1 is 0.571 bits per heavy atom. The van der Waals surface area contributed by atoms with Gasteiger partial charge in [-0.25, -0.2) is 0 Å². The van der Waals surface area contributed by atoms with Gasteiger partial charge in [-0.15, -0.1) is 0 Å². The number of aliphatic imine (C=N–C) groups is 2. The maximum atomic E-state index is 4.66. The average Bonchev–Trinajstić information content (AvgIpc) is 2.22. The molecule has 0 aromatic heterocycles. The van der Waals surface area contributed by atoms with Crippen LogP contribution in [-0.4, -0.2) is 23.5 Å². The number of nitrogens with zero attached hydrogens (tertiary/aromatic N) is 2. The second-order valence-corrected chi connectivity index (χ2v) is 9.69. The Morgan fingerprint density at radius 2 is 0.857 bits per heavy atom. The van der Waals surface area contributed by atoms with Crippen LogP contribution < -0.4 is 0 Å². The Morgan fingerprint density at radius 3 is 1.10 bits per heavy atom. The summed E-state index contributed by atoms with van der Waals surface area (Å²) in [6, 6.07) is 0. The first-order chi connectivity index (χ1) is 9.12. The van der Waals surface area contributed by atoms with Crippen molar-refractivity contribution >= 4 is 12.4 Å². The Balaban J connectivity index is 4.41. The quantitative estimate of drug-likeness (QED) is 0.541. The highest BCUT2D eigenvalue weighted by atomic mass is 14.8. The van der Waals surface area contributed by atoms with Crippen LogP contribution in [0.4, 0.5) is 0 Å². The van der Waals surface area contributed by atoms with Crippen molar-refractivity contribution in [3.05, 3.63) is 0 Å². The third-order valence-electron chi connectivity index (χ3n) is 3.24. The van der Waals surface area contributed by atoms with E-state index in [1.807, 2.05) is 0 Å². The fourth-order valence-electron chi connectivity index (χ4n) is 1.87. The molecule has 2 nitrogen and oxygen atoms in total. The summed E-state index contributed by atoms with van der Waals surface area (Å²) in [5.74, 6) is 0. The third-order valence-corrected chi connectivity index (χ3v) is 3.24. The van der Waals surface area contributed by atoms with E-state index >= 15 is 0 Å². The monoisotopic (exact) mass is 294 g/mol. The van der Waals surface area contributed by atoms with Gasteiger partial charge in [0.25, 0.3) is 0 Å². The van der Waals surface area contributed by atoms with Crippen molar-refractivity contribution in [1.29, 1.82) is 0 Å². The molecule has 2 heteroatoms. The van der Waals surface area contributed by atoms with Crippen LogP contribution in [0.1, 0.15) is 88.5 Å². The molecule has 0 aromatic carbocycles. The van der Waals surface area contributed by atoms with Crippen molar-refractivity contribution in [2.24, 2.45) is 20.8 Å². The first-order valence-electron chi connectivity index (χ1n) is 8.25. The zero-order valence-electron chi connectivity index (χ0n) is 16.2. The fraction of sp³-hybridized carbons (Fsp3) is 0.895. The number of hydrogen-bond donors (Lipinski definition) is 0. The van der Waals surface area contributed by atoms with Crippen LogP contribution >= 0.6 is 0 Å². The predicted molar refractivity (Wildman–Crippen MR) is 97.9 cm³/mol. The minimum absolute atomic E-state index is 0.0237. The molecule has 0 aliphatic heterocycles. The lowest BCUT2D eigenvalue weighted by atomic mass is 9.82. The maximum Gasteiger partial charge on any atom is 0.0520 e. The molecular formula is C19H38N2. The van der Waals surface area contributed by atoms with Gasteiger partial charge in [-0.3, -0.25) is 9.98 Å². The van der Waals surface area contributed by atoms with Crippen molar-refractivity contribution in [1.82, 2.24) is 0 Å². The van der Waals surface area contributed by atoms with Crippen LogP contribution in [0.5, 0.6) is 0 Å². The molecule has 0 spiro atoms. The molecule has 0 heterocycles. The molecule has 0 fully saturated rings. The van der Waals surface area contributed by atoms with Gasteiger partial charge >= 0.3 is 0 Å². The molecule has 0 aliphatic rings. The summed E-state index contributed by atoms with van der Waals surface area (Å²) in [6.07, 6.45) is 7.82. The van der Waals surface area contributed by atoms with Gasteiger partial charge in [-0.05, 0) is 65.2 Å². The van der Waals surface area contributed by atoms with Crippen molar-refractivity contribution in [3.63, 3.8) is 0 Å². The van der Waals surface area contributed by atoms with Gasteiger partial charge in [-0.2, -0.15) is 0 Å². The lowest BCUT2D eigenvalue weighted by Gasteiger charge is -2.26. The van der Waals surface area contributed by atoms with E-state index in [9.17, 15) is 0 Å². The van der Waals surface area contributed by atoms with E-state index < -0.39 is 0 Å². The molecule has 0 N–H and O–H groups in total. The van der Waals surface area contributed by atoms with Crippen LogP contribution in [0.25, 0.3) is 0 Å². The molecule has 0 unspecified atom stereocenters. The smallest absolute Gasteiger partial charge is 0.0520 e. The molecular weight excluding hydrogens is 256 g/mol. The highest BCUT2D eigenvalue weighted by Crippen LogP contribution is 2.28. The number of hydrogen-bond acceptors (Lipinski definition) is 2. The number of rotatable bonds is 6. The molecule has 0 atom stereocenters. The van der Waals surface area contributed by atoms with Gasteiger partial charge in [0.05, 0.1) is 11.1 Å². The maximum absolute atomic E-state index is 4.66. The van der Waals surface area contributed by atoms with Crippen molar-refractivity contribution in [2.45, 2.75) is 99.6 Å². The van der Waals surface area contributed by atoms with E-state index in [0.717, 1.165) is 0 Å². The average molecular weight is 295 g/mol. The lowest BCUT2D eigenvalue weighted by Crippen LogP contribution is -2.21. The highest BCUT2D eigenvalue weighted by Gasteiger charge is 2.21. The van der Waals surface area contributed by atoms with Crippen LogP contribution in [0, 0.1) is 10.8 Å². The summed E-state index contributed by atoms with van der Waals surface area (Å²) in [7, 11) is 0. The molecule has 124 valence electrons.